The van der Waals surface area contributed by atoms with Crippen LogP contribution >= 0.6 is 0 Å². The Bertz CT molecular complexity index is 858. The van der Waals surface area contributed by atoms with E-state index in [0.29, 0.717) is 24.4 Å². The van der Waals surface area contributed by atoms with Crippen molar-refractivity contribution in [3.05, 3.63) is 54.1 Å². The maximum atomic E-state index is 13.3. The molecular formula is C20H21F2N3O3. The van der Waals surface area contributed by atoms with Crippen molar-refractivity contribution in [2.45, 2.75) is 18.9 Å². The first kappa shape index (κ1) is 19.8. The van der Waals surface area contributed by atoms with Gasteiger partial charge in [0.05, 0.1) is 19.7 Å². The van der Waals surface area contributed by atoms with Crippen molar-refractivity contribution >= 4 is 23.2 Å². The molecule has 1 saturated heterocycles. The molecule has 148 valence electrons. The molecule has 1 fully saturated rings. The van der Waals surface area contributed by atoms with Gasteiger partial charge in [0.2, 0.25) is 11.8 Å². The summed E-state index contributed by atoms with van der Waals surface area (Å²) in [5, 5.41) is 5.37. The van der Waals surface area contributed by atoms with E-state index < -0.39 is 23.6 Å². The van der Waals surface area contributed by atoms with Gasteiger partial charge in [-0.25, -0.2) is 8.78 Å². The molecule has 6 nitrogen and oxygen atoms in total. The molecule has 1 aliphatic heterocycles. The van der Waals surface area contributed by atoms with E-state index in [1.807, 2.05) is 0 Å². The van der Waals surface area contributed by atoms with Crippen LogP contribution in [0.3, 0.4) is 0 Å². The summed E-state index contributed by atoms with van der Waals surface area (Å²) in [4.78, 5) is 26.6. The highest BCUT2D eigenvalue weighted by Crippen LogP contribution is 2.21. The molecule has 2 amide bonds. The van der Waals surface area contributed by atoms with Crippen molar-refractivity contribution in [1.29, 1.82) is 0 Å². The van der Waals surface area contributed by atoms with Gasteiger partial charge < -0.3 is 15.4 Å². The Morgan fingerprint density at radius 2 is 1.79 bits per heavy atom. The predicted molar refractivity (Wildman–Crippen MR) is 101 cm³/mol. The summed E-state index contributed by atoms with van der Waals surface area (Å²) in [5.74, 6) is -1.91. The van der Waals surface area contributed by atoms with E-state index in [1.54, 1.807) is 36.3 Å². The van der Waals surface area contributed by atoms with Crippen molar-refractivity contribution in [2.75, 3.05) is 30.8 Å². The van der Waals surface area contributed by atoms with Crippen LogP contribution in [0, 0.1) is 11.6 Å². The summed E-state index contributed by atoms with van der Waals surface area (Å²) in [6.45, 7) is 0.589. The zero-order valence-corrected chi connectivity index (χ0v) is 15.4. The number of hydrogen-bond acceptors (Lipinski definition) is 4. The van der Waals surface area contributed by atoms with Crippen molar-refractivity contribution in [3.63, 3.8) is 0 Å². The fraction of sp³-hybridized carbons (Fsp3) is 0.300. The lowest BCUT2D eigenvalue weighted by Crippen LogP contribution is -2.43. The molecule has 0 unspecified atom stereocenters. The summed E-state index contributed by atoms with van der Waals surface area (Å²) in [5.41, 5.74) is 0.811. The molecule has 0 aromatic heterocycles. The first-order valence-electron chi connectivity index (χ1n) is 8.90. The number of nitrogens with zero attached hydrogens (tertiary/aromatic N) is 1. The van der Waals surface area contributed by atoms with E-state index in [1.165, 1.54) is 6.07 Å². The molecule has 0 saturated carbocycles. The minimum Gasteiger partial charge on any atom is -0.497 e. The Morgan fingerprint density at radius 3 is 2.46 bits per heavy atom. The Hall–Kier alpha value is -3.00. The Balaban J connectivity index is 1.57. The number of ether oxygens (including phenoxy) is 1. The van der Waals surface area contributed by atoms with Gasteiger partial charge in [-0.2, -0.15) is 0 Å². The first-order valence-corrected chi connectivity index (χ1v) is 8.90. The molecule has 28 heavy (non-hydrogen) atoms. The van der Waals surface area contributed by atoms with E-state index in [4.69, 9.17) is 4.74 Å². The van der Waals surface area contributed by atoms with Crippen molar-refractivity contribution < 1.29 is 23.1 Å². The van der Waals surface area contributed by atoms with Crippen LogP contribution in [0.25, 0.3) is 0 Å². The van der Waals surface area contributed by atoms with Gasteiger partial charge in [0.25, 0.3) is 0 Å². The number of likely N-dealkylation sites (tertiary alicyclic amines) is 1. The van der Waals surface area contributed by atoms with Gasteiger partial charge in [-0.1, -0.05) is 0 Å². The third kappa shape index (κ3) is 4.83. The molecule has 1 heterocycles. The Morgan fingerprint density at radius 1 is 1.07 bits per heavy atom. The highest BCUT2D eigenvalue weighted by molar-refractivity contribution is 5.96. The van der Waals surface area contributed by atoms with Crippen LogP contribution in [-0.2, 0) is 9.59 Å². The number of methoxy groups -OCH3 is 1. The minimum atomic E-state index is -1.03. The maximum Gasteiger partial charge on any atom is 0.241 e. The summed E-state index contributed by atoms with van der Waals surface area (Å²) in [6.07, 6.45) is 1.43. The second-order valence-corrected chi connectivity index (χ2v) is 6.52. The number of anilines is 2. The van der Waals surface area contributed by atoms with Crippen molar-refractivity contribution in [1.82, 2.24) is 4.90 Å². The van der Waals surface area contributed by atoms with Crippen LogP contribution in [0.5, 0.6) is 5.75 Å². The number of nitrogens with one attached hydrogen (secondary N) is 2. The van der Waals surface area contributed by atoms with E-state index in [2.05, 4.69) is 10.6 Å². The normalized spacial score (nSPS) is 16.6. The average Bonchev–Trinajstić information content (AvgIpc) is 3.13. The summed E-state index contributed by atoms with van der Waals surface area (Å²) in [6, 6.07) is 9.70. The van der Waals surface area contributed by atoms with Crippen LogP contribution in [0.2, 0.25) is 0 Å². The summed E-state index contributed by atoms with van der Waals surface area (Å²) >= 11 is 0. The zero-order valence-electron chi connectivity index (χ0n) is 15.4. The maximum absolute atomic E-state index is 13.3. The number of halogens is 2. The van der Waals surface area contributed by atoms with Crippen molar-refractivity contribution in [2.24, 2.45) is 0 Å². The van der Waals surface area contributed by atoms with E-state index in [9.17, 15) is 18.4 Å². The molecule has 0 bridgehead atoms. The highest BCUT2D eigenvalue weighted by Gasteiger charge is 2.32. The Kier molecular flexibility index (Phi) is 6.20. The Labute approximate surface area is 161 Å². The van der Waals surface area contributed by atoms with Crippen LogP contribution in [0.4, 0.5) is 20.2 Å². The monoisotopic (exact) mass is 389 g/mol. The van der Waals surface area contributed by atoms with Crippen LogP contribution in [0.15, 0.2) is 42.5 Å². The smallest absolute Gasteiger partial charge is 0.241 e. The molecule has 0 radical (unpaired) electrons. The molecule has 2 N–H and O–H groups in total. The molecule has 1 atom stereocenters. The standard InChI is InChI=1S/C20H21F2N3O3/c1-28-15-7-4-13(5-8-15)24-20(27)18-3-2-10-25(18)12-19(26)23-14-6-9-16(21)17(22)11-14/h4-9,11,18H,2-3,10,12H2,1H3,(H,23,26)(H,24,27)/t18-/m0/s1. The zero-order chi connectivity index (χ0) is 20.1. The number of amides is 2. The SMILES string of the molecule is COc1ccc(NC(=O)[C@@H]2CCCN2CC(=O)Nc2ccc(F)c(F)c2)cc1. The van der Waals surface area contributed by atoms with Crippen LogP contribution < -0.4 is 15.4 Å². The fourth-order valence-electron chi connectivity index (χ4n) is 3.17. The fourth-order valence-corrected chi connectivity index (χ4v) is 3.17. The van der Waals surface area contributed by atoms with Gasteiger partial charge in [-0.3, -0.25) is 14.5 Å². The molecule has 3 rings (SSSR count). The lowest BCUT2D eigenvalue weighted by atomic mass is 10.2. The van der Waals surface area contributed by atoms with E-state index in [0.717, 1.165) is 18.6 Å². The molecule has 0 spiro atoms. The molecular weight excluding hydrogens is 368 g/mol. The van der Waals surface area contributed by atoms with Gasteiger partial charge in [0, 0.05) is 17.4 Å². The van der Waals surface area contributed by atoms with E-state index >= 15 is 0 Å². The number of hydrogen-bond donors (Lipinski definition) is 2. The van der Waals surface area contributed by atoms with Gasteiger partial charge in [-0.05, 0) is 55.8 Å². The number of carbonyl (C=O) groups is 2. The molecule has 1 aliphatic rings. The van der Waals surface area contributed by atoms with Crippen molar-refractivity contribution in [3.8, 4) is 5.75 Å². The van der Waals surface area contributed by atoms with Gasteiger partial charge in [0.15, 0.2) is 11.6 Å². The topological polar surface area (TPSA) is 70.7 Å². The quantitative estimate of drug-likeness (QED) is 0.797. The number of carbonyl (C=O) groups excluding carboxylic acids is 2. The number of benzene rings is 2. The lowest BCUT2D eigenvalue weighted by molar-refractivity contribution is -0.122. The third-order valence-corrected chi connectivity index (χ3v) is 4.57. The van der Waals surface area contributed by atoms with Crippen LogP contribution in [-0.4, -0.2) is 43.0 Å². The minimum absolute atomic E-state index is 0.0142. The summed E-state index contributed by atoms with van der Waals surface area (Å²) in [7, 11) is 1.56. The van der Waals surface area contributed by atoms with Crippen LogP contribution in [0.1, 0.15) is 12.8 Å². The average molecular weight is 389 g/mol. The highest BCUT2D eigenvalue weighted by atomic mass is 19.2. The molecule has 0 aliphatic carbocycles. The third-order valence-electron chi connectivity index (χ3n) is 4.57. The van der Waals surface area contributed by atoms with Gasteiger partial charge in [-0.15, -0.1) is 0 Å². The first-order chi connectivity index (χ1) is 13.5. The van der Waals surface area contributed by atoms with E-state index in [-0.39, 0.29) is 18.1 Å². The summed E-state index contributed by atoms with van der Waals surface area (Å²) < 4.78 is 31.3. The second kappa shape index (κ2) is 8.79. The molecule has 8 heteroatoms. The predicted octanol–water partition coefficient (Wildman–Crippen LogP) is 3.02. The van der Waals surface area contributed by atoms with Gasteiger partial charge >= 0.3 is 0 Å². The second-order valence-electron chi connectivity index (χ2n) is 6.52. The molecule has 2 aromatic carbocycles. The lowest BCUT2D eigenvalue weighted by Gasteiger charge is -2.23. The molecule has 2 aromatic rings. The largest absolute Gasteiger partial charge is 0.497 e. The van der Waals surface area contributed by atoms with Gasteiger partial charge in [0.1, 0.15) is 5.75 Å². The number of rotatable bonds is 6.